The fraction of sp³-hybridized carbons (Fsp3) is 0.714. The second kappa shape index (κ2) is 5.54. The Morgan fingerprint density at radius 1 is 1.50 bits per heavy atom. The number of aliphatic carboxylic acids is 1. The van der Waals surface area contributed by atoms with Gasteiger partial charge >= 0.3 is 5.97 Å². The van der Waals surface area contributed by atoms with Gasteiger partial charge in [-0.2, -0.15) is 0 Å². The zero-order valence-corrected chi connectivity index (χ0v) is 7.33. The molecule has 0 rings (SSSR count). The van der Waals surface area contributed by atoms with Crippen LogP contribution in [0.5, 0.6) is 0 Å². The molecule has 12 heavy (non-hydrogen) atoms. The highest BCUT2D eigenvalue weighted by Gasteiger charge is 2.10. The first-order valence-corrected chi connectivity index (χ1v) is 3.74. The lowest BCUT2D eigenvalue weighted by molar-refractivity contribution is -0.143. The van der Waals surface area contributed by atoms with E-state index in [0.717, 1.165) is 0 Å². The molecule has 5 heteroatoms. The number of carbonyl (C=O) groups excluding carboxylic acids is 1. The highest BCUT2D eigenvalue weighted by Crippen LogP contribution is 1.82. The van der Waals surface area contributed by atoms with Crippen LogP contribution >= 0.6 is 0 Å². The molecule has 0 aromatic rings. The van der Waals surface area contributed by atoms with Gasteiger partial charge in [-0.05, 0) is 6.54 Å². The minimum absolute atomic E-state index is 0.195. The van der Waals surface area contributed by atoms with E-state index in [4.69, 9.17) is 5.11 Å². The van der Waals surface area contributed by atoms with E-state index in [0.29, 0.717) is 6.54 Å². The maximum atomic E-state index is 11.0. The van der Waals surface area contributed by atoms with E-state index in [2.05, 4.69) is 5.32 Å². The van der Waals surface area contributed by atoms with Gasteiger partial charge in [0.2, 0.25) is 5.91 Å². The number of carbonyl (C=O) groups is 2. The minimum atomic E-state index is -0.998. The van der Waals surface area contributed by atoms with Gasteiger partial charge in [-0.3, -0.25) is 9.59 Å². The van der Waals surface area contributed by atoms with Crippen molar-refractivity contribution in [1.82, 2.24) is 10.2 Å². The summed E-state index contributed by atoms with van der Waals surface area (Å²) in [6.45, 7) is 2.53. The summed E-state index contributed by atoms with van der Waals surface area (Å²) in [5, 5.41) is 11.2. The SMILES string of the molecule is CCNCC(=O)N(C)CC(=O)O. The minimum Gasteiger partial charge on any atom is -0.480 e. The third kappa shape index (κ3) is 4.68. The molecule has 0 aliphatic carbocycles. The van der Waals surface area contributed by atoms with Crippen molar-refractivity contribution in [2.24, 2.45) is 0 Å². The summed E-state index contributed by atoms with van der Waals surface area (Å²) in [5.74, 6) is -1.21. The van der Waals surface area contributed by atoms with Crippen LogP contribution in [0.25, 0.3) is 0 Å². The van der Waals surface area contributed by atoms with Crippen molar-refractivity contribution >= 4 is 11.9 Å². The predicted octanol–water partition coefficient (Wildman–Crippen LogP) is -0.861. The molecule has 0 unspecified atom stereocenters. The van der Waals surface area contributed by atoms with Gasteiger partial charge in [0.15, 0.2) is 0 Å². The topological polar surface area (TPSA) is 69.6 Å². The van der Waals surface area contributed by atoms with E-state index in [9.17, 15) is 9.59 Å². The molecule has 0 spiro atoms. The smallest absolute Gasteiger partial charge is 0.323 e. The first-order valence-electron chi connectivity index (χ1n) is 3.74. The Kier molecular flexibility index (Phi) is 5.03. The van der Waals surface area contributed by atoms with Gasteiger partial charge < -0.3 is 15.3 Å². The molecule has 0 aromatic carbocycles. The normalized spacial score (nSPS) is 9.50. The number of hydrogen-bond acceptors (Lipinski definition) is 3. The van der Waals surface area contributed by atoms with Gasteiger partial charge in [-0.15, -0.1) is 0 Å². The van der Waals surface area contributed by atoms with Gasteiger partial charge in [0.25, 0.3) is 0 Å². The van der Waals surface area contributed by atoms with Crippen LogP contribution in [0.3, 0.4) is 0 Å². The van der Waals surface area contributed by atoms with Crippen molar-refractivity contribution < 1.29 is 14.7 Å². The molecular weight excluding hydrogens is 160 g/mol. The molecule has 0 saturated carbocycles. The van der Waals surface area contributed by atoms with Crippen LogP contribution in [0.15, 0.2) is 0 Å². The van der Waals surface area contributed by atoms with Crippen molar-refractivity contribution in [2.45, 2.75) is 6.92 Å². The fourth-order valence-electron chi connectivity index (χ4n) is 0.658. The second-order valence-electron chi connectivity index (χ2n) is 2.42. The monoisotopic (exact) mass is 174 g/mol. The van der Waals surface area contributed by atoms with Crippen LogP contribution in [0, 0.1) is 0 Å². The average molecular weight is 174 g/mol. The third-order valence-corrected chi connectivity index (χ3v) is 1.32. The van der Waals surface area contributed by atoms with Crippen LogP contribution in [-0.2, 0) is 9.59 Å². The van der Waals surface area contributed by atoms with E-state index in [1.807, 2.05) is 6.92 Å². The highest BCUT2D eigenvalue weighted by atomic mass is 16.4. The quantitative estimate of drug-likeness (QED) is 0.569. The average Bonchev–Trinajstić information content (AvgIpc) is 1.98. The summed E-state index contributed by atoms with van der Waals surface area (Å²) < 4.78 is 0. The lowest BCUT2D eigenvalue weighted by Crippen LogP contribution is -2.38. The van der Waals surface area contributed by atoms with E-state index >= 15 is 0 Å². The first-order chi connectivity index (χ1) is 5.57. The second-order valence-corrected chi connectivity index (χ2v) is 2.42. The fourth-order valence-corrected chi connectivity index (χ4v) is 0.658. The van der Waals surface area contributed by atoms with Crippen LogP contribution in [0.2, 0.25) is 0 Å². The van der Waals surface area contributed by atoms with Crippen molar-refractivity contribution in [3.05, 3.63) is 0 Å². The number of nitrogens with zero attached hydrogens (tertiary/aromatic N) is 1. The summed E-state index contributed by atoms with van der Waals surface area (Å²) in [4.78, 5) is 22.4. The zero-order chi connectivity index (χ0) is 9.56. The predicted molar refractivity (Wildman–Crippen MR) is 43.8 cm³/mol. The summed E-state index contributed by atoms with van der Waals surface area (Å²) >= 11 is 0. The maximum Gasteiger partial charge on any atom is 0.323 e. The van der Waals surface area contributed by atoms with Crippen LogP contribution in [-0.4, -0.2) is 48.6 Å². The summed E-state index contributed by atoms with van der Waals surface area (Å²) in [7, 11) is 1.47. The standard InChI is InChI=1S/C7H14N2O3/c1-3-8-4-6(10)9(2)5-7(11)12/h8H,3-5H2,1-2H3,(H,11,12). The number of carboxylic acid groups (broad SMARTS) is 1. The lowest BCUT2D eigenvalue weighted by atomic mass is 10.5. The van der Waals surface area contributed by atoms with Gasteiger partial charge in [0.05, 0.1) is 6.54 Å². The van der Waals surface area contributed by atoms with Gasteiger partial charge in [-0.1, -0.05) is 6.92 Å². The molecule has 0 fully saturated rings. The van der Waals surface area contributed by atoms with Crippen LogP contribution in [0.4, 0.5) is 0 Å². The number of carboxylic acids is 1. The van der Waals surface area contributed by atoms with E-state index in [-0.39, 0.29) is 19.0 Å². The van der Waals surface area contributed by atoms with Crippen molar-refractivity contribution in [1.29, 1.82) is 0 Å². The van der Waals surface area contributed by atoms with E-state index in [1.165, 1.54) is 11.9 Å². The summed E-state index contributed by atoms with van der Waals surface area (Å²) in [5.41, 5.74) is 0. The number of hydrogen-bond donors (Lipinski definition) is 2. The molecule has 2 N–H and O–H groups in total. The molecule has 1 amide bonds. The molecular formula is C7H14N2O3. The van der Waals surface area contributed by atoms with Crippen LogP contribution in [0.1, 0.15) is 6.92 Å². The number of likely N-dealkylation sites (N-methyl/N-ethyl adjacent to an activating group) is 2. The summed E-state index contributed by atoms with van der Waals surface area (Å²) in [6, 6.07) is 0. The Bertz CT molecular complexity index is 170. The molecule has 0 saturated heterocycles. The highest BCUT2D eigenvalue weighted by molar-refractivity contribution is 5.82. The largest absolute Gasteiger partial charge is 0.480 e. The molecule has 0 heterocycles. The molecule has 5 nitrogen and oxygen atoms in total. The molecule has 0 aromatic heterocycles. The van der Waals surface area contributed by atoms with E-state index < -0.39 is 5.97 Å². The molecule has 0 atom stereocenters. The molecule has 70 valence electrons. The number of rotatable bonds is 5. The maximum absolute atomic E-state index is 11.0. The number of nitrogens with one attached hydrogen (secondary N) is 1. The molecule has 0 bridgehead atoms. The zero-order valence-electron chi connectivity index (χ0n) is 7.33. The van der Waals surface area contributed by atoms with Crippen molar-refractivity contribution in [2.75, 3.05) is 26.7 Å². The van der Waals surface area contributed by atoms with Crippen molar-refractivity contribution in [3.63, 3.8) is 0 Å². The third-order valence-electron chi connectivity index (χ3n) is 1.32. The Morgan fingerprint density at radius 2 is 2.08 bits per heavy atom. The van der Waals surface area contributed by atoms with Gasteiger partial charge in [-0.25, -0.2) is 0 Å². The van der Waals surface area contributed by atoms with Gasteiger partial charge in [0, 0.05) is 7.05 Å². The first kappa shape index (κ1) is 10.9. The van der Waals surface area contributed by atoms with Crippen molar-refractivity contribution in [3.8, 4) is 0 Å². The Morgan fingerprint density at radius 3 is 2.50 bits per heavy atom. The lowest BCUT2D eigenvalue weighted by Gasteiger charge is -2.14. The molecule has 0 radical (unpaired) electrons. The Hall–Kier alpha value is -1.10. The Labute approximate surface area is 71.4 Å². The van der Waals surface area contributed by atoms with E-state index in [1.54, 1.807) is 0 Å². The summed E-state index contributed by atoms with van der Waals surface area (Å²) in [6.07, 6.45) is 0. The van der Waals surface area contributed by atoms with Gasteiger partial charge in [0.1, 0.15) is 6.54 Å². The Balaban J connectivity index is 3.69. The van der Waals surface area contributed by atoms with Crippen LogP contribution < -0.4 is 5.32 Å². The molecule has 0 aliphatic heterocycles. The number of amides is 1. The molecule has 0 aliphatic rings.